The summed E-state index contributed by atoms with van der Waals surface area (Å²) in [4.78, 5) is 12.1. The van der Waals surface area contributed by atoms with Crippen molar-refractivity contribution in [3.8, 4) is 5.75 Å². The van der Waals surface area contributed by atoms with Crippen molar-refractivity contribution in [2.24, 2.45) is 17.3 Å². The Kier molecular flexibility index (Phi) is 4.22. The van der Waals surface area contributed by atoms with Gasteiger partial charge >= 0.3 is 5.97 Å². The van der Waals surface area contributed by atoms with Gasteiger partial charge in [0.05, 0.1) is 6.61 Å². The second-order valence-electron chi connectivity index (χ2n) is 10.1. The lowest BCUT2D eigenvalue weighted by molar-refractivity contribution is -0.150. The van der Waals surface area contributed by atoms with Gasteiger partial charge in [-0.1, -0.05) is 32.1 Å². The lowest BCUT2D eigenvalue weighted by Gasteiger charge is -2.48. The molecule has 1 aromatic rings. The van der Waals surface area contributed by atoms with Crippen molar-refractivity contribution in [1.29, 1.82) is 0 Å². The summed E-state index contributed by atoms with van der Waals surface area (Å²) in [6.45, 7) is 6.54. The molecule has 0 amide bonds. The van der Waals surface area contributed by atoms with E-state index in [1.165, 1.54) is 6.08 Å². The quantitative estimate of drug-likeness (QED) is 0.669. The number of aliphatic hydroxyl groups is 2. The van der Waals surface area contributed by atoms with E-state index in [0.717, 1.165) is 30.6 Å². The monoisotopic (exact) mass is 426 g/mol. The van der Waals surface area contributed by atoms with Crippen LogP contribution in [0.3, 0.4) is 0 Å². The average Bonchev–Trinajstić information content (AvgIpc) is 3.30. The van der Waals surface area contributed by atoms with Gasteiger partial charge in [-0.2, -0.15) is 0 Å². The molecule has 6 heteroatoms. The Morgan fingerprint density at radius 2 is 2.06 bits per heavy atom. The van der Waals surface area contributed by atoms with Crippen LogP contribution in [0.1, 0.15) is 51.2 Å². The second kappa shape index (κ2) is 6.36. The fourth-order valence-corrected chi connectivity index (χ4v) is 7.00. The van der Waals surface area contributed by atoms with Crippen molar-refractivity contribution in [1.82, 2.24) is 0 Å². The molecule has 1 aromatic carbocycles. The smallest absolute Gasteiger partial charge is 0.314 e. The fourth-order valence-electron chi connectivity index (χ4n) is 7.00. The third-order valence-corrected chi connectivity index (χ3v) is 8.99. The second-order valence-corrected chi connectivity index (χ2v) is 10.1. The number of benzene rings is 1. The molecular formula is C25H30O6. The molecule has 0 spiro atoms. The Bertz CT molecular complexity index is 1010. The normalized spacial score (nSPS) is 42.0. The summed E-state index contributed by atoms with van der Waals surface area (Å²) in [5.41, 5.74) is -0.834. The Balaban J connectivity index is 1.66. The molecule has 6 unspecified atom stereocenters. The molecule has 5 rings (SSSR count). The summed E-state index contributed by atoms with van der Waals surface area (Å²) in [6, 6.07) is 5.53. The van der Waals surface area contributed by atoms with Gasteiger partial charge < -0.3 is 24.8 Å². The highest BCUT2D eigenvalue weighted by molar-refractivity contribution is 5.76. The maximum absolute atomic E-state index is 12.1. The zero-order valence-corrected chi connectivity index (χ0v) is 18.2. The standard InChI is InChI=1S/C25H30O6/c1-22-10-9-16(14-22)24(3)23(22,2)18-13-15(7-8-19(18)31-24)25(29)17(21(27)28)5-4-6-20(25)30-12-11-26/h4-8,13,16-17,26,29H,9-12,14H2,1-3H3,(H,27,28). The van der Waals surface area contributed by atoms with Crippen molar-refractivity contribution in [2.45, 2.75) is 56.7 Å². The highest BCUT2D eigenvalue weighted by Gasteiger charge is 2.74. The minimum absolute atomic E-state index is 0.0298. The van der Waals surface area contributed by atoms with Gasteiger partial charge in [0.15, 0.2) is 5.60 Å². The number of carboxylic acids is 1. The van der Waals surface area contributed by atoms with Crippen LogP contribution in [0.5, 0.6) is 5.75 Å². The zero-order chi connectivity index (χ0) is 22.2. The maximum Gasteiger partial charge on any atom is 0.314 e. The number of carboxylic acid groups (broad SMARTS) is 1. The van der Waals surface area contributed by atoms with Gasteiger partial charge in [-0.15, -0.1) is 0 Å². The molecule has 0 aromatic heterocycles. The number of ether oxygens (including phenoxy) is 2. The largest absolute Gasteiger partial charge is 0.492 e. The molecular weight excluding hydrogens is 396 g/mol. The van der Waals surface area contributed by atoms with E-state index in [-0.39, 0.29) is 35.4 Å². The highest BCUT2D eigenvalue weighted by Crippen LogP contribution is 2.73. The molecule has 6 nitrogen and oxygen atoms in total. The lowest BCUT2D eigenvalue weighted by Crippen LogP contribution is -2.54. The molecule has 4 aliphatic rings. The minimum atomic E-state index is -1.88. The predicted octanol–water partition coefficient (Wildman–Crippen LogP) is 3.27. The van der Waals surface area contributed by atoms with Gasteiger partial charge in [0.25, 0.3) is 0 Å². The van der Waals surface area contributed by atoms with E-state index >= 15 is 0 Å². The van der Waals surface area contributed by atoms with Crippen LogP contribution < -0.4 is 4.74 Å². The van der Waals surface area contributed by atoms with E-state index in [1.807, 2.05) is 12.1 Å². The average molecular weight is 427 g/mol. The maximum atomic E-state index is 12.1. The first-order chi connectivity index (χ1) is 14.6. The van der Waals surface area contributed by atoms with E-state index in [4.69, 9.17) is 9.47 Å². The first-order valence-electron chi connectivity index (χ1n) is 11.0. The molecule has 0 radical (unpaired) electrons. The van der Waals surface area contributed by atoms with Crippen LogP contribution in [0, 0.1) is 17.3 Å². The zero-order valence-electron chi connectivity index (χ0n) is 18.2. The van der Waals surface area contributed by atoms with Gasteiger partial charge in [0.2, 0.25) is 0 Å². The van der Waals surface area contributed by atoms with Gasteiger partial charge in [-0.25, -0.2) is 0 Å². The van der Waals surface area contributed by atoms with Crippen LogP contribution in [0.2, 0.25) is 0 Å². The Hall–Kier alpha value is -2.31. The first kappa shape index (κ1) is 20.6. The number of hydrogen-bond acceptors (Lipinski definition) is 5. The number of rotatable bonds is 5. The van der Waals surface area contributed by atoms with Crippen molar-refractivity contribution in [2.75, 3.05) is 13.2 Å². The van der Waals surface area contributed by atoms with Crippen molar-refractivity contribution < 1.29 is 29.6 Å². The first-order valence-corrected chi connectivity index (χ1v) is 11.0. The number of aliphatic carboxylic acids is 1. The Morgan fingerprint density at radius 1 is 1.29 bits per heavy atom. The number of aliphatic hydroxyl groups excluding tert-OH is 1. The molecule has 2 saturated carbocycles. The molecule has 3 N–H and O–H groups in total. The highest BCUT2D eigenvalue weighted by atomic mass is 16.5. The predicted molar refractivity (Wildman–Crippen MR) is 114 cm³/mol. The number of allylic oxidation sites excluding steroid dienone is 2. The van der Waals surface area contributed by atoms with Crippen LogP contribution in [0.15, 0.2) is 42.2 Å². The summed E-state index contributed by atoms with van der Waals surface area (Å²) in [6.07, 6.45) is 8.02. The van der Waals surface area contributed by atoms with Crippen LogP contribution in [-0.4, -0.2) is 40.1 Å². The third kappa shape index (κ3) is 2.32. The SMILES string of the molecule is CC12CCC(C1)C1(C)Oc3ccc(C4(O)C(OCCO)=CC=CC4C(=O)O)cc3C21C. The minimum Gasteiger partial charge on any atom is -0.492 e. The van der Waals surface area contributed by atoms with Gasteiger partial charge in [-0.3, -0.25) is 4.79 Å². The van der Waals surface area contributed by atoms with Crippen LogP contribution in [0.4, 0.5) is 0 Å². The lowest BCUT2D eigenvalue weighted by atomic mass is 9.56. The van der Waals surface area contributed by atoms with Crippen LogP contribution in [0.25, 0.3) is 0 Å². The number of hydrogen-bond donors (Lipinski definition) is 3. The summed E-state index contributed by atoms with van der Waals surface area (Å²) >= 11 is 0. The van der Waals surface area contributed by atoms with Gasteiger partial charge in [-0.05, 0) is 61.3 Å². The summed E-state index contributed by atoms with van der Waals surface area (Å²) in [7, 11) is 0. The van der Waals surface area contributed by atoms with Crippen molar-refractivity contribution in [3.63, 3.8) is 0 Å². The van der Waals surface area contributed by atoms with Gasteiger partial charge in [0, 0.05) is 11.0 Å². The Labute approximate surface area is 182 Å². The van der Waals surface area contributed by atoms with E-state index in [1.54, 1.807) is 18.2 Å². The van der Waals surface area contributed by atoms with Crippen LogP contribution in [-0.2, 0) is 20.5 Å². The number of carbonyl (C=O) groups is 1. The number of fused-ring (bicyclic) bond motifs is 7. The van der Waals surface area contributed by atoms with Crippen molar-refractivity contribution in [3.05, 3.63) is 53.3 Å². The van der Waals surface area contributed by atoms with E-state index in [9.17, 15) is 20.1 Å². The summed E-state index contributed by atoms with van der Waals surface area (Å²) in [5, 5.41) is 30.9. The molecule has 1 aliphatic heterocycles. The molecule has 2 fully saturated rings. The molecule has 31 heavy (non-hydrogen) atoms. The molecule has 2 bridgehead atoms. The third-order valence-electron chi connectivity index (χ3n) is 8.99. The molecule has 0 saturated heterocycles. The fraction of sp³-hybridized carbons (Fsp3) is 0.560. The molecule has 166 valence electrons. The molecule has 6 atom stereocenters. The van der Waals surface area contributed by atoms with E-state index < -0.39 is 17.5 Å². The molecule has 3 aliphatic carbocycles. The van der Waals surface area contributed by atoms with Crippen molar-refractivity contribution >= 4 is 5.97 Å². The summed E-state index contributed by atoms with van der Waals surface area (Å²) < 4.78 is 12.2. The van der Waals surface area contributed by atoms with E-state index in [2.05, 4.69) is 20.8 Å². The van der Waals surface area contributed by atoms with Crippen LogP contribution >= 0.6 is 0 Å². The summed E-state index contributed by atoms with van der Waals surface area (Å²) in [5.74, 6) is -0.926. The van der Waals surface area contributed by atoms with Gasteiger partial charge in [0.1, 0.15) is 29.6 Å². The topological polar surface area (TPSA) is 96.2 Å². The van der Waals surface area contributed by atoms with E-state index in [0.29, 0.717) is 11.5 Å². The molecule has 1 heterocycles. The Morgan fingerprint density at radius 3 is 2.77 bits per heavy atom.